The highest BCUT2D eigenvalue weighted by Crippen LogP contribution is 2.20. The zero-order chi connectivity index (χ0) is 14.8. The van der Waals surface area contributed by atoms with Gasteiger partial charge in [-0.25, -0.2) is 13.1 Å². The maximum Gasteiger partial charge on any atom is 0.245 e. The van der Waals surface area contributed by atoms with E-state index in [1.165, 1.54) is 6.92 Å². The molecule has 108 valence electrons. The predicted octanol–water partition coefficient (Wildman–Crippen LogP) is 0.342. The van der Waals surface area contributed by atoms with E-state index >= 15 is 0 Å². The van der Waals surface area contributed by atoms with Gasteiger partial charge in [0.05, 0.1) is 0 Å². The molecule has 1 rings (SSSR count). The summed E-state index contributed by atoms with van der Waals surface area (Å²) >= 11 is 0. The minimum atomic E-state index is -3.75. The Morgan fingerprint density at radius 2 is 2.11 bits per heavy atom. The molecule has 0 saturated heterocycles. The first-order valence-corrected chi connectivity index (χ1v) is 7.00. The molecule has 1 aromatic rings. The maximum absolute atomic E-state index is 12.1. The molecule has 8 nitrogen and oxygen atoms in total. The Morgan fingerprint density at radius 1 is 1.53 bits per heavy atom. The molecule has 0 unspecified atom stereocenters. The smallest absolute Gasteiger partial charge is 0.245 e. The molecule has 4 N–H and O–H groups in total. The molecule has 19 heavy (non-hydrogen) atoms. The minimum Gasteiger partial charge on any atom is -0.409 e. The van der Waals surface area contributed by atoms with Gasteiger partial charge >= 0.3 is 0 Å². The molecule has 0 spiro atoms. The number of nitrogens with two attached hydrogens (primary N) is 1. The summed E-state index contributed by atoms with van der Waals surface area (Å²) in [6.07, 6.45) is 0. The molecule has 0 amide bonds. The number of nitrogens with zero attached hydrogens (tertiary/aromatic N) is 2. The van der Waals surface area contributed by atoms with Gasteiger partial charge in [-0.2, -0.15) is 0 Å². The molecule has 1 heterocycles. The lowest BCUT2D eigenvalue weighted by atomic mass is 9.93. The summed E-state index contributed by atoms with van der Waals surface area (Å²) in [5, 5.41) is 15.1. The average Bonchev–Trinajstić information content (AvgIpc) is 2.66. The van der Waals surface area contributed by atoms with Crippen LogP contribution >= 0.6 is 0 Å². The Morgan fingerprint density at radius 3 is 2.53 bits per heavy atom. The third-order valence-electron chi connectivity index (χ3n) is 2.74. The lowest BCUT2D eigenvalue weighted by Crippen LogP contribution is -2.42. The molecule has 0 aromatic carbocycles. The third kappa shape index (κ3) is 3.24. The van der Waals surface area contributed by atoms with Crippen molar-refractivity contribution >= 4 is 15.9 Å². The lowest BCUT2D eigenvalue weighted by molar-refractivity contribution is 0.307. The molecule has 0 bridgehead atoms. The van der Waals surface area contributed by atoms with Crippen LogP contribution in [0.4, 0.5) is 0 Å². The molecular weight excluding hydrogens is 272 g/mol. The summed E-state index contributed by atoms with van der Waals surface area (Å²) in [5.41, 5.74) is 4.96. The summed E-state index contributed by atoms with van der Waals surface area (Å²) in [6.45, 7) is 6.34. The third-order valence-corrected chi connectivity index (χ3v) is 4.39. The van der Waals surface area contributed by atoms with E-state index in [1.54, 1.807) is 20.8 Å². The minimum absolute atomic E-state index is 0.0165. The van der Waals surface area contributed by atoms with Gasteiger partial charge in [0, 0.05) is 12.0 Å². The Labute approximate surface area is 111 Å². The number of nitrogens with one attached hydrogen (secondary N) is 1. The Hall–Kier alpha value is -1.61. The number of aromatic nitrogens is 1. The van der Waals surface area contributed by atoms with E-state index < -0.39 is 15.4 Å². The van der Waals surface area contributed by atoms with Crippen molar-refractivity contribution in [3.05, 3.63) is 11.5 Å². The van der Waals surface area contributed by atoms with Crippen LogP contribution in [0.25, 0.3) is 0 Å². The van der Waals surface area contributed by atoms with Crippen LogP contribution in [0.1, 0.15) is 25.3 Å². The van der Waals surface area contributed by atoms with Crippen LogP contribution < -0.4 is 10.5 Å². The van der Waals surface area contributed by atoms with Gasteiger partial charge in [0.25, 0.3) is 0 Å². The summed E-state index contributed by atoms with van der Waals surface area (Å²) in [4.78, 5) is 0.0165. The summed E-state index contributed by atoms with van der Waals surface area (Å²) < 4.78 is 31.5. The van der Waals surface area contributed by atoms with Gasteiger partial charge in [-0.15, -0.1) is 0 Å². The second kappa shape index (κ2) is 5.17. The van der Waals surface area contributed by atoms with Crippen molar-refractivity contribution in [2.75, 3.05) is 6.54 Å². The zero-order valence-corrected chi connectivity index (χ0v) is 12.1. The van der Waals surface area contributed by atoms with E-state index in [0.717, 1.165) is 0 Å². The van der Waals surface area contributed by atoms with Gasteiger partial charge in [-0.05, 0) is 13.8 Å². The second-order valence-corrected chi connectivity index (χ2v) is 6.55. The van der Waals surface area contributed by atoms with E-state index in [2.05, 4.69) is 15.0 Å². The highest BCUT2D eigenvalue weighted by atomic mass is 32.2. The molecule has 0 aliphatic rings. The van der Waals surface area contributed by atoms with Gasteiger partial charge in [-0.1, -0.05) is 24.2 Å². The van der Waals surface area contributed by atoms with Crippen molar-refractivity contribution in [2.24, 2.45) is 16.3 Å². The maximum atomic E-state index is 12.1. The number of aryl methyl sites for hydroxylation is 2. The van der Waals surface area contributed by atoms with Gasteiger partial charge in [0.15, 0.2) is 5.76 Å². The number of sulfonamides is 1. The van der Waals surface area contributed by atoms with Gasteiger partial charge in [-0.3, -0.25) is 0 Å². The molecular formula is C10H18N4O4S. The number of hydrogen-bond acceptors (Lipinski definition) is 6. The van der Waals surface area contributed by atoms with Crippen molar-refractivity contribution in [3.8, 4) is 0 Å². The average molecular weight is 290 g/mol. The van der Waals surface area contributed by atoms with E-state index in [-0.39, 0.29) is 28.7 Å². The highest BCUT2D eigenvalue weighted by molar-refractivity contribution is 7.89. The van der Waals surface area contributed by atoms with Crippen LogP contribution in [0.2, 0.25) is 0 Å². The molecule has 0 aliphatic heterocycles. The van der Waals surface area contributed by atoms with Gasteiger partial charge in [0.2, 0.25) is 10.0 Å². The first-order valence-electron chi connectivity index (χ1n) is 5.52. The number of oxime groups is 1. The van der Waals surface area contributed by atoms with Crippen molar-refractivity contribution in [2.45, 2.75) is 32.6 Å². The van der Waals surface area contributed by atoms with E-state index in [9.17, 15) is 8.42 Å². The van der Waals surface area contributed by atoms with Crippen molar-refractivity contribution in [1.82, 2.24) is 9.88 Å². The fourth-order valence-corrected chi connectivity index (χ4v) is 2.97. The number of amidine groups is 1. The van der Waals surface area contributed by atoms with Crippen LogP contribution in [-0.4, -0.2) is 31.2 Å². The Bertz CT molecular complexity index is 569. The fraction of sp³-hybridized carbons (Fsp3) is 0.600. The summed E-state index contributed by atoms with van der Waals surface area (Å²) in [5.74, 6) is 0.153. The molecule has 0 radical (unpaired) electrons. The van der Waals surface area contributed by atoms with Crippen molar-refractivity contribution in [3.63, 3.8) is 0 Å². The monoisotopic (exact) mass is 290 g/mol. The predicted molar refractivity (Wildman–Crippen MR) is 68.4 cm³/mol. The molecule has 0 atom stereocenters. The van der Waals surface area contributed by atoms with Crippen LogP contribution in [0, 0.1) is 19.3 Å². The molecule has 9 heteroatoms. The molecule has 0 saturated carbocycles. The molecule has 0 fully saturated rings. The lowest BCUT2D eigenvalue weighted by Gasteiger charge is -2.22. The fourth-order valence-electron chi connectivity index (χ4n) is 1.43. The van der Waals surface area contributed by atoms with Crippen molar-refractivity contribution in [1.29, 1.82) is 0 Å². The van der Waals surface area contributed by atoms with E-state index in [0.29, 0.717) is 0 Å². The molecule has 0 aliphatic carbocycles. The van der Waals surface area contributed by atoms with Gasteiger partial charge < -0.3 is 15.5 Å². The normalized spacial score (nSPS) is 13.8. The highest BCUT2D eigenvalue weighted by Gasteiger charge is 2.29. The van der Waals surface area contributed by atoms with Crippen LogP contribution in [0.15, 0.2) is 14.6 Å². The topological polar surface area (TPSA) is 131 Å². The van der Waals surface area contributed by atoms with Gasteiger partial charge in [0.1, 0.15) is 16.4 Å². The van der Waals surface area contributed by atoms with E-state index in [4.69, 9.17) is 15.5 Å². The number of hydrogen-bond donors (Lipinski definition) is 3. The number of rotatable bonds is 5. The molecule has 1 aromatic heterocycles. The van der Waals surface area contributed by atoms with Crippen LogP contribution in [0.3, 0.4) is 0 Å². The standard InChI is InChI=1S/C10H18N4O4S/c1-6-8(7(2)18-14-6)19(16,17)12-5-10(3,4)9(11)13-15/h12,15H,5H2,1-4H3,(H2,11,13). The van der Waals surface area contributed by atoms with Crippen molar-refractivity contribution < 1.29 is 18.1 Å². The zero-order valence-electron chi connectivity index (χ0n) is 11.3. The largest absolute Gasteiger partial charge is 0.409 e. The summed E-state index contributed by atoms with van der Waals surface area (Å²) in [7, 11) is -3.75. The second-order valence-electron chi connectivity index (χ2n) is 4.85. The first-order chi connectivity index (χ1) is 8.62. The SMILES string of the molecule is Cc1noc(C)c1S(=O)(=O)NCC(C)(C)C(N)=NO. The van der Waals surface area contributed by atoms with Crippen LogP contribution in [0.5, 0.6) is 0 Å². The summed E-state index contributed by atoms with van der Waals surface area (Å²) in [6, 6.07) is 0. The Balaban J connectivity index is 2.95. The van der Waals surface area contributed by atoms with Crippen LogP contribution in [-0.2, 0) is 10.0 Å². The quantitative estimate of drug-likeness (QED) is 0.310. The Kier molecular flexibility index (Phi) is 4.21. The van der Waals surface area contributed by atoms with E-state index in [1.807, 2.05) is 0 Å². The first kappa shape index (κ1) is 15.4.